The van der Waals surface area contributed by atoms with Crippen molar-refractivity contribution in [3.63, 3.8) is 0 Å². The van der Waals surface area contributed by atoms with Gasteiger partial charge in [-0.2, -0.15) is 5.10 Å². The molecule has 0 bridgehead atoms. The van der Waals surface area contributed by atoms with Gasteiger partial charge >= 0.3 is 0 Å². The van der Waals surface area contributed by atoms with Crippen molar-refractivity contribution < 1.29 is 9.59 Å². The smallest absolute Gasteiger partial charge is 0.253 e. The molecule has 1 fully saturated rings. The Labute approximate surface area is 200 Å². The van der Waals surface area contributed by atoms with Crippen molar-refractivity contribution in [3.8, 4) is 0 Å². The highest BCUT2D eigenvalue weighted by molar-refractivity contribution is 5.97. The van der Waals surface area contributed by atoms with Crippen LogP contribution in [0.2, 0.25) is 0 Å². The summed E-state index contributed by atoms with van der Waals surface area (Å²) >= 11 is 0. The molecular weight excluding hydrogens is 428 g/mol. The summed E-state index contributed by atoms with van der Waals surface area (Å²) in [7, 11) is 0. The van der Waals surface area contributed by atoms with Crippen molar-refractivity contribution in [2.24, 2.45) is 5.92 Å². The minimum Gasteiger partial charge on any atom is -0.352 e. The molecule has 8 heteroatoms. The van der Waals surface area contributed by atoms with Gasteiger partial charge in [-0.15, -0.1) is 0 Å². The Morgan fingerprint density at radius 2 is 1.71 bits per heavy atom. The van der Waals surface area contributed by atoms with E-state index in [-0.39, 0.29) is 23.8 Å². The van der Waals surface area contributed by atoms with E-state index in [2.05, 4.69) is 20.4 Å². The number of carbonyl (C=O) groups is 2. The highest BCUT2D eigenvalue weighted by atomic mass is 16.2. The monoisotopic (exact) mass is 462 g/mol. The number of carbonyl (C=O) groups excluding carboxylic acids is 2. The number of aryl methyl sites for hydroxylation is 4. The SMILES string of the molecule is Cc1cc(C)n(CC(C)NC(=O)CC2CCN(C(=O)c3ccc4nc(C)c(C)nc4c3)CC2)n1. The number of hydrogen-bond donors (Lipinski definition) is 1. The lowest BCUT2D eigenvalue weighted by atomic mass is 9.92. The molecule has 1 aliphatic rings. The Balaban J connectivity index is 1.27. The van der Waals surface area contributed by atoms with Crippen molar-refractivity contribution in [2.45, 2.75) is 66.5 Å². The first-order chi connectivity index (χ1) is 16.2. The summed E-state index contributed by atoms with van der Waals surface area (Å²) in [6.07, 6.45) is 2.15. The number of hydrogen-bond acceptors (Lipinski definition) is 5. The van der Waals surface area contributed by atoms with E-state index in [1.54, 1.807) is 0 Å². The number of piperidine rings is 1. The van der Waals surface area contributed by atoms with Gasteiger partial charge in [0.25, 0.3) is 5.91 Å². The molecule has 2 aromatic heterocycles. The normalized spacial score (nSPS) is 15.5. The van der Waals surface area contributed by atoms with Gasteiger partial charge in [0.2, 0.25) is 5.91 Å². The molecule has 180 valence electrons. The topological polar surface area (TPSA) is 93.0 Å². The summed E-state index contributed by atoms with van der Waals surface area (Å²) in [5.74, 6) is 0.374. The Hall–Kier alpha value is -3.29. The van der Waals surface area contributed by atoms with Crippen LogP contribution < -0.4 is 5.32 Å². The predicted octanol–water partition coefficient (Wildman–Crippen LogP) is 3.51. The third-order valence-electron chi connectivity index (χ3n) is 6.66. The fourth-order valence-corrected chi connectivity index (χ4v) is 4.65. The van der Waals surface area contributed by atoms with Gasteiger partial charge in [0.1, 0.15) is 0 Å². The van der Waals surface area contributed by atoms with Crippen molar-refractivity contribution in [1.29, 1.82) is 0 Å². The van der Waals surface area contributed by atoms with Crippen molar-refractivity contribution in [2.75, 3.05) is 13.1 Å². The third-order valence-corrected chi connectivity index (χ3v) is 6.66. The Bertz CT molecular complexity index is 1210. The number of benzene rings is 1. The average Bonchev–Trinajstić information content (AvgIpc) is 3.10. The second-order valence-corrected chi connectivity index (χ2v) is 9.62. The van der Waals surface area contributed by atoms with E-state index in [1.807, 2.05) is 68.5 Å². The van der Waals surface area contributed by atoms with Gasteiger partial charge in [-0.25, -0.2) is 9.97 Å². The van der Waals surface area contributed by atoms with Gasteiger partial charge in [0.05, 0.1) is 34.7 Å². The van der Waals surface area contributed by atoms with Crippen LogP contribution in [0.15, 0.2) is 24.3 Å². The van der Waals surface area contributed by atoms with Crippen molar-refractivity contribution in [1.82, 2.24) is 30.0 Å². The van der Waals surface area contributed by atoms with Crippen LogP contribution in [0.1, 0.15) is 59.3 Å². The minimum atomic E-state index is 0.00981. The van der Waals surface area contributed by atoms with Crippen LogP contribution in [0.25, 0.3) is 11.0 Å². The first-order valence-electron chi connectivity index (χ1n) is 12.0. The molecule has 1 aromatic carbocycles. The summed E-state index contributed by atoms with van der Waals surface area (Å²) in [4.78, 5) is 36.7. The van der Waals surface area contributed by atoms with Crippen LogP contribution in [0.5, 0.6) is 0 Å². The molecule has 0 spiro atoms. The summed E-state index contributed by atoms with van der Waals surface area (Å²) in [6.45, 7) is 11.9. The van der Waals surface area contributed by atoms with Crippen LogP contribution in [-0.2, 0) is 11.3 Å². The molecule has 3 heterocycles. The van der Waals surface area contributed by atoms with Crippen LogP contribution in [0, 0.1) is 33.6 Å². The zero-order valence-corrected chi connectivity index (χ0v) is 20.8. The fraction of sp³-hybridized carbons (Fsp3) is 0.500. The maximum atomic E-state index is 13.1. The lowest BCUT2D eigenvalue weighted by Gasteiger charge is -2.32. The highest BCUT2D eigenvalue weighted by Crippen LogP contribution is 2.23. The molecule has 3 aromatic rings. The lowest BCUT2D eigenvalue weighted by Crippen LogP contribution is -2.41. The summed E-state index contributed by atoms with van der Waals surface area (Å²) in [6, 6.07) is 7.58. The predicted molar refractivity (Wildman–Crippen MR) is 132 cm³/mol. The van der Waals surface area contributed by atoms with Gasteiger partial charge in [0.15, 0.2) is 0 Å². The van der Waals surface area contributed by atoms with Crippen LogP contribution >= 0.6 is 0 Å². The highest BCUT2D eigenvalue weighted by Gasteiger charge is 2.26. The first-order valence-corrected chi connectivity index (χ1v) is 12.0. The molecule has 0 saturated carbocycles. The van der Waals surface area contributed by atoms with E-state index in [0.29, 0.717) is 31.6 Å². The fourth-order valence-electron chi connectivity index (χ4n) is 4.65. The van der Waals surface area contributed by atoms with Gasteiger partial charge in [0, 0.05) is 36.8 Å². The van der Waals surface area contributed by atoms with Gasteiger partial charge in [-0.3, -0.25) is 14.3 Å². The van der Waals surface area contributed by atoms with E-state index < -0.39 is 0 Å². The molecule has 1 unspecified atom stereocenters. The summed E-state index contributed by atoms with van der Waals surface area (Å²) in [5, 5.41) is 7.57. The number of amides is 2. The zero-order chi connectivity index (χ0) is 24.4. The van der Waals surface area contributed by atoms with E-state index in [1.165, 1.54) is 0 Å². The molecule has 0 aliphatic carbocycles. The Kier molecular flexibility index (Phi) is 6.95. The van der Waals surface area contributed by atoms with E-state index >= 15 is 0 Å². The number of nitrogens with one attached hydrogen (secondary N) is 1. The van der Waals surface area contributed by atoms with Crippen LogP contribution in [0.4, 0.5) is 0 Å². The maximum absolute atomic E-state index is 13.1. The molecule has 1 aliphatic heterocycles. The van der Waals surface area contributed by atoms with Crippen molar-refractivity contribution >= 4 is 22.8 Å². The number of rotatable bonds is 6. The van der Waals surface area contributed by atoms with E-state index in [4.69, 9.17) is 0 Å². The number of likely N-dealkylation sites (tertiary alicyclic amines) is 1. The largest absolute Gasteiger partial charge is 0.352 e. The second kappa shape index (κ2) is 9.91. The second-order valence-electron chi connectivity index (χ2n) is 9.62. The van der Waals surface area contributed by atoms with Gasteiger partial charge in [-0.05, 0) is 77.6 Å². The standard InChI is InChI=1S/C26H34N6O2/c1-16-12-18(3)32(30-16)15-17(2)27-25(33)13-21-8-10-31(11-9-21)26(34)22-6-7-23-24(14-22)29-20(5)19(4)28-23/h6-7,12,14,17,21H,8-11,13,15H2,1-5H3,(H,27,33). The first kappa shape index (κ1) is 23.9. The Morgan fingerprint density at radius 1 is 1.03 bits per heavy atom. The Morgan fingerprint density at radius 3 is 2.35 bits per heavy atom. The molecular formula is C26H34N6O2. The third kappa shape index (κ3) is 5.43. The van der Waals surface area contributed by atoms with E-state index in [9.17, 15) is 9.59 Å². The van der Waals surface area contributed by atoms with Gasteiger partial charge in [-0.1, -0.05) is 0 Å². The molecule has 2 amide bonds. The number of nitrogens with zero attached hydrogens (tertiary/aromatic N) is 5. The van der Waals surface area contributed by atoms with E-state index in [0.717, 1.165) is 46.7 Å². The van der Waals surface area contributed by atoms with Crippen LogP contribution in [0.3, 0.4) is 0 Å². The van der Waals surface area contributed by atoms with Gasteiger partial charge < -0.3 is 10.2 Å². The number of fused-ring (bicyclic) bond motifs is 1. The molecule has 34 heavy (non-hydrogen) atoms. The van der Waals surface area contributed by atoms with Crippen molar-refractivity contribution in [3.05, 3.63) is 52.6 Å². The average molecular weight is 463 g/mol. The molecule has 1 N–H and O–H groups in total. The maximum Gasteiger partial charge on any atom is 0.253 e. The number of aromatic nitrogens is 4. The molecule has 0 radical (unpaired) electrons. The zero-order valence-electron chi connectivity index (χ0n) is 20.8. The quantitative estimate of drug-likeness (QED) is 0.605. The summed E-state index contributed by atoms with van der Waals surface area (Å²) in [5.41, 5.74) is 6.04. The molecule has 1 atom stereocenters. The molecule has 8 nitrogen and oxygen atoms in total. The van der Waals surface area contributed by atoms with Crippen LogP contribution in [-0.4, -0.2) is 55.6 Å². The molecule has 4 rings (SSSR count). The lowest BCUT2D eigenvalue weighted by molar-refractivity contribution is -0.123. The molecule has 1 saturated heterocycles. The summed E-state index contributed by atoms with van der Waals surface area (Å²) < 4.78 is 1.94. The minimum absolute atomic E-state index is 0.00981.